The van der Waals surface area contributed by atoms with Crippen molar-refractivity contribution in [1.29, 1.82) is 0 Å². The molecule has 1 saturated carbocycles. The molecule has 1 amide bonds. The van der Waals surface area contributed by atoms with Crippen LogP contribution in [0.1, 0.15) is 72.0 Å². The van der Waals surface area contributed by atoms with Crippen molar-refractivity contribution < 1.29 is 23.9 Å². The SMILES string of the molecule is COC(=O)C(Cc1ccc(OCCN(Cc2ccccc2)C(=O)CCC2CCCCC2)cc1)Nc1ccccc1C(=O)c1ccccc1. The Labute approximate surface area is 284 Å². The highest BCUT2D eigenvalue weighted by Gasteiger charge is 2.23. The largest absolute Gasteiger partial charge is 0.492 e. The van der Waals surface area contributed by atoms with Crippen LogP contribution in [0.3, 0.4) is 0 Å². The van der Waals surface area contributed by atoms with Crippen molar-refractivity contribution in [3.05, 3.63) is 131 Å². The van der Waals surface area contributed by atoms with Gasteiger partial charge in [0.25, 0.3) is 0 Å². The summed E-state index contributed by atoms with van der Waals surface area (Å²) in [5, 5.41) is 3.26. The van der Waals surface area contributed by atoms with Crippen LogP contribution in [0, 0.1) is 5.92 Å². The average Bonchev–Trinajstić information content (AvgIpc) is 3.14. The van der Waals surface area contributed by atoms with E-state index in [0.29, 0.717) is 61.0 Å². The summed E-state index contributed by atoms with van der Waals surface area (Å²) in [5.41, 5.74) is 3.63. The van der Waals surface area contributed by atoms with Crippen LogP contribution in [0.25, 0.3) is 0 Å². The van der Waals surface area contributed by atoms with E-state index in [4.69, 9.17) is 9.47 Å². The summed E-state index contributed by atoms with van der Waals surface area (Å²) in [6.45, 7) is 1.43. The number of rotatable bonds is 16. The lowest BCUT2D eigenvalue weighted by molar-refractivity contribution is -0.141. The topological polar surface area (TPSA) is 84.9 Å². The molecule has 250 valence electrons. The normalized spacial score (nSPS) is 13.7. The summed E-state index contributed by atoms with van der Waals surface area (Å²) < 4.78 is 11.2. The molecule has 1 atom stereocenters. The van der Waals surface area contributed by atoms with Crippen molar-refractivity contribution in [3.8, 4) is 5.75 Å². The second-order valence-corrected chi connectivity index (χ2v) is 12.5. The van der Waals surface area contributed by atoms with Crippen molar-refractivity contribution >= 4 is 23.3 Å². The first-order valence-corrected chi connectivity index (χ1v) is 17.1. The van der Waals surface area contributed by atoms with Gasteiger partial charge in [0.1, 0.15) is 18.4 Å². The van der Waals surface area contributed by atoms with Crippen LogP contribution in [0.5, 0.6) is 5.75 Å². The molecule has 0 aromatic heterocycles. The molecule has 7 heteroatoms. The molecule has 0 aliphatic heterocycles. The van der Waals surface area contributed by atoms with E-state index in [9.17, 15) is 14.4 Å². The first-order valence-electron chi connectivity index (χ1n) is 17.1. The van der Waals surface area contributed by atoms with Crippen LogP contribution < -0.4 is 10.1 Å². The van der Waals surface area contributed by atoms with E-state index in [1.165, 1.54) is 39.2 Å². The number of esters is 1. The number of anilines is 1. The van der Waals surface area contributed by atoms with Gasteiger partial charge < -0.3 is 19.7 Å². The molecule has 1 aliphatic rings. The summed E-state index contributed by atoms with van der Waals surface area (Å²) in [7, 11) is 1.36. The number of hydrogen-bond donors (Lipinski definition) is 1. The second-order valence-electron chi connectivity index (χ2n) is 12.5. The lowest BCUT2D eigenvalue weighted by atomic mass is 9.86. The summed E-state index contributed by atoms with van der Waals surface area (Å²) in [4.78, 5) is 41.3. The summed E-state index contributed by atoms with van der Waals surface area (Å²) >= 11 is 0. The van der Waals surface area contributed by atoms with Crippen molar-refractivity contribution in [2.45, 2.75) is 64.0 Å². The van der Waals surface area contributed by atoms with Crippen LogP contribution in [0.2, 0.25) is 0 Å². The maximum absolute atomic E-state index is 13.3. The van der Waals surface area contributed by atoms with Gasteiger partial charge in [-0.1, -0.05) is 117 Å². The zero-order valence-corrected chi connectivity index (χ0v) is 27.8. The molecule has 0 heterocycles. The minimum Gasteiger partial charge on any atom is -0.492 e. The smallest absolute Gasteiger partial charge is 0.328 e. The molecule has 5 rings (SSSR count). The monoisotopic (exact) mass is 646 g/mol. The van der Waals surface area contributed by atoms with Crippen LogP contribution in [-0.4, -0.2) is 48.9 Å². The molecule has 0 radical (unpaired) electrons. The first kappa shape index (κ1) is 34.4. The third-order valence-electron chi connectivity index (χ3n) is 9.08. The van der Waals surface area contributed by atoms with Crippen molar-refractivity contribution in [3.63, 3.8) is 0 Å². The number of nitrogens with zero attached hydrogens (tertiary/aromatic N) is 1. The van der Waals surface area contributed by atoms with E-state index < -0.39 is 12.0 Å². The number of amides is 1. The molecule has 0 saturated heterocycles. The van der Waals surface area contributed by atoms with Crippen molar-refractivity contribution in [2.75, 3.05) is 25.6 Å². The zero-order valence-electron chi connectivity index (χ0n) is 27.8. The molecule has 1 fully saturated rings. The minimum atomic E-state index is -0.711. The number of methoxy groups -OCH3 is 1. The summed E-state index contributed by atoms with van der Waals surface area (Å²) in [6.07, 6.45) is 8.24. The highest BCUT2D eigenvalue weighted by Crippen LogP contribution is 2.28. The molecule has 7 nitrogen and oxygen atoms in total. The Bertz CT molecular complexity index is 1600. The Kier molecular flexibility index (Phi) is 12.8. The third kappa shape index (κ3) is 10.0. The Balaban J connectivity index is 1.18. The van der Waals surface area contributed by atoms with Gasteiger partial charge in [0.05, 0.1) is 13.7 Å². The number of ether oxygens (including phenoxy) is 2. The second kappa shape index (κ2) is 17.9. The highest BCUT2D eigenvalue weighted by atomic mass is 16.5. The number of benzene rings is 4. The minimum absolute atomic E-state index is 0.128. The molecule has 1 N–H and O–H groups in total. The predicted molar refractivity (Wildman–Crippen MR) is 189 cm³/mol. The molecular weight excluding hydrogens is 600 g/mol. The van der Waals surface area contributed by atoms with Crippen LogP contribution >= 0.6 is 0 Å². The van der Waals surface area contributed by atoms with E-state index >= 15 is 0 Å². The molecule has 1 aliphatic carbocycles. The number of ketones is 1. The lowest BCUT2D eigenvalue weighted by Gasteiger charge is -2.25. The third-order valence-corrected chi connectivity index (χ3v) is 9.08. The van der Waals surface area contributed by atoms with Crippen molar-refractivity contribution in [2.24, 2.45) is 5.92 Å². The molecule has 4 aromatic rings. The van der Waals surface area contributed by atoms with Crippen LogP contribution in [0.4, 0.5) is 5.69 Å². The van der Waals surface area contributed by atoms with Gasteiger partial charge in [0.15, 0.2) is 5.78 Å². The Morgan fingerprint density at radius 3 is 2.17 bits per heavy atom. The Morgan fingerprint density at radius 1 is 0.792 bits per heavy atom. The van der Waals surface area contributed by atoms with E-state index in [0.717, 1.165) is 17.5 Å². The van der Waals surface area contributed by atoms with Crippen molar-refractivity contribution in [1.82, 2.24) is 4.90 Å². The first-order chi connectivity index (χ1) is 23.5. The van der Waals surface area contributed by atoms with Gasteiger partial charge in [0, 0.05) is 36.2 Å². The molecule has 48 heavy (non-hydrogen) atoms. The van der Waals surface area contributed by atoms with Gasteiger partial charge in [-0.05, 0) is 47.7 Å². The quantitative estimate of drug-likeness (QED) is 0.0985. The van der Waals surface area contributed by atoms with E-state index in [-0.39, 0.29) is 11.7 Å². The van der Waals surface area contributed by atoms with E-state index in [2.05, 4.69) is 17.4 Å². The van der Waals surface area contributed by atoms with Gasteiger partial charge in [-0.15, -0.1) is 0 Å². The van der Waals surface area contributed by atoms with E-state index in [1.807, 2.05) is 77.7 Å². The van der Waals surface area contributed by atoms with Crippen LogP contribution in [0.15, 0.2) is 109 Å². The molecule has 0 bridgehead atoms. The number of para-hydroxylation sites is 1. The fraction of sp³-hybridized carbons (Fsp3) is 0.341. The van der Waals surface area contributed by atoms with Gasteiger partial charge in [-0.25, -0.2) is 4.79 Å². The summed E-state index contributed by atoms with van der Waals surface area (Å²) in [5.74, 6) is 0.976. The maximum Gasteiger partial charge on any atom is 0.328 e. The molecule has 1 unspecified atom stereocenters. The zero-order chi connectivity index (χ0) is 33.6. The number of carbonyl (C=O) groups excluding carboxylic acids is 3. The van der Waals surface area contributed by atoms with E-state index in [1.54, 1.807) is 24.3 Å². The highest BCUT2D eigenvalue weighted by molar-refractivity contribution is 6.12. The molecule has 0 spiro atoms. The van der Waals surface area contributed by atoms with Gasteiger partial charge in [-0.2, -0.15) is 0 Å². The number of nitrogens with one attached hydrogen (secondary N) is 1. The van der Waals surface area contributed by atoms with Crippen LogP contribution in [-0.2, 0) is 27.3 Å². The molecular formula is C41H46N2O5. The van der Waals surface area contributed by atoms with Gasteiger partial charge in [-0.3, -0.25) is 9.59 Å². The molecule has 4 aromatic carbocycles. The Morgan fingerprint density at radius 2 is 1.46 bits per heavy atom. The fourth-order valence-electron chi connectivity index (χ4n) is 6.36. The number of carbonyl (C=O) groups is 3. The number of hydrogen-bond acceptors (Lipinski definition) is 6. The Hall–Kier alpha value is -4.91. The van der Waals surface area contributed by atoms with Gasteiger partial charge in [0.2, 0.25) is 5.91 Å². The van der Waals surface area contributed by atoms with Gasteiger partial charge >= 0.3 is 5.97 Å². The lowest BCUT2D eigenvalue weighted by Crippen LogP contribution is -2.34. The standard InChI is InChI=1S/C41H46N2O5/c1-47-41(46)38(42-37-20-12-11-19-36(37)40(45)34-17-9-4-10-18-34)29-32-21-24-35(25-22-32)48-28-27-43(30-33-15-7-3-8-16-33)39(44)26-23-31-13-5-2-6-14-31/h3-4,7-12,15-22,24-25,31,38,42H,2,5-6,13-14,23,26-30H2,1H3. The maximum atomic E-state index is 13.3. The fourth-order valence-corrected chi connectivity index (χ4v) is 6.36. The summed E-state index contributed by atoms with van der Waals surface area (Å²) in [6, 6.07) is 33.2. The average molecular weight is 647 g/mol. The predicted octanol–water partition coefficient (Wildman–Crippen LogP) is 7.88.